The highest BCUT2D eigenvalue weighted by atomic mass is 35.5. The molecule has 0 atom stereocenters. The van der Waals surface area contributed by atoms with E-state index in [1.165, 1.54) is 12.1 Å². The fraction of sp³-hybridized carbons (Fsp3) is 0.368. The third kappa shape index (κ3) is 3.81. The van der Waals surface area contributed by atoms with Crippen LogP contribution >= 0.6 is 11.6 Å². The van der Waals surface area contributed by atoms with E-state index >= 15 is 0 Å². The Bertz CT molecular complexity index is 855. The van der Waals surface area contributed by atoms with Crippen LogP contribution in [0.1, 0.15) is 40.4 Å². The van der Waals surface area contributed by atoms with Crippen molar-refractivity contribution in [3.05, 3.63) is 68.3 Å². The monoisotopic (exact) mass is 377 g/mol. The summed E-state index contributed by atoms with van der Waals surface area (Å²) in [6, 6.07) is 6.20. The summed E-state index contributed by atoms with van der Waals surface area (Å²) >= 11 is 5.99. The van der Waals surface area contributed by atoms with E-state index in [4.69, 9.17) is 11.6 Å². The number of pyridine rings is 1. The van der Waals surface area contributed by atoms with E-state index in [1.807, 2.05) is 0 Å². The summed E-state index contributed by atoms with van der Waals surface area (Å²) in [4.78, 5) is 25.5. The number of nitrogens with one attached hydrogen (secondary N) is 2. The Balaban J connectivity index is 1.84. The fourth-order valence-electron chi connectivity index (χ4n) is 3.25. The molecular formula is C19H21ClFN3O2. The summed E-state index contributed by atoms with van der Waals surface area (Å²) in [6.07, 6.45) is 3.43. The van der Waals surface area contributed by atoms with Gasteiger partial charge in [0.25, 0.3) is 11.5 Å². The summed E-state index contributed by atoms with van der Waals surface area (Å²) in [6.45, 7) is 3.33. The highest BCUT2D eigenvalue weighted by Crippen LogP contribution is 2.19. The minimum absolute atomic E-state index is 0.0779. The lowest BCUT2D eigenvalue weighted by Crippen LogP contribution is -2.38. The summed E-state index contributed by atoms with van der Waals surface area (Å²) < 4.78 is 15.5. The molecule has 2 N–H and O–H groups in total. The number of carbonyl (C=O) groups excluding carboxylic acids is 1. The van der Waals surface area contributed by atoms with Crippen LogP contribution in [0.3, 0.4) is 0 Å². The molecule has 1 aromatic carbocycles. The molecule has 1 aromatic heterocycles. The van der Waals surface area contributed by atoms with Gasteiger partial charge in [0.05, 0.1) is 0 Å². The predicted octanol–water partition coefficient (Wildman–Crippen LogP) is 2.80. The highest BCUT2D eigenvalue weighted by Gasteiger charge is 2.21. The number of hydrogen-bond donors (Lipinski definition) is 2. The van der Waals surface area contributed by atoms with Gasteiger partial charge in [0.2, 0.25) is 0 Å². The van der Waals surface area contributed by atoms with Gasteiger partial charge in [-0.3, -0.25) is 9.59 Å². The molecule has 1 saturated heterocycles. The number of nitrogens with zero attached hydrogens (tertiary/aromatic N) is 1. The van der Waals surface area contributed by atoms with Gasteiger partial charge in [-0.1, -0.05) is 17.7 Å². The van der Waals surface area contributed by atoms with E-state index in [0.717, 1.165) is 25.9 Å². The van der Waals surface area contributed by atoms with Crippen LogP contribution in [-0.4, -0.2) is 23.6 Å². The summed E-state index contributed by atoms with van der Waals surface area (Å²) in [7, 11) is 0. The smallest absolute Gasteiger partial charge is 0.263 e. The molecule has 0 spiro atoms. The molecule has 0 unspecified atom stereocenters. The zero-order valence-electron chi connectivity index (χ0n) is 14.5. The molecule has 0 saturated carbocycles. The van der Waals surface area contributed by atoms with Gasteiger partial charge < -0.3 is 15.2 Å². The summed E-state index contributed by atoms with van der Waals surface area (Å²) in [5, 5.41) is 6.12. The zero-order valence-corrected chi connectivity index (χ0v) is 15.3. The van der Waals surface area contributed by atoms with Crippen LogP contribution in [0.15, 0.2) is 35.3 Å². The van der Waals surface area contributed by atoms with Crippen LogP contribution < -0.4 is 16.2 Å². The maximum Gasteiger partial charge on any atom is 0.263 e. The number of halogens is 2. The largest absolute Gasteiger partial charge is 0.348 e. The van der Waals surface area contributed by atoms with E-state index in [9.17, 15) is 14.0 Å². The van der Waals surface area contributed by atoms with E-state index in [0.29, 0.717) is 5.56 Å². The van der Waals surface area contributed by atoms with Crippen molar-refractivity contribution < 1.29 is 9.18 Å². The number of piperidine rings is 1. The minimum atomic E-state index is -0.518. The topological polar surface area (TPSA) is 63.1 Å². The first-order valence-corrected chi connectivity index (χ1v) is 9.00. The fourth-order valence-corrected chi connectivity index (χ4v) is 3.48. The van der Waals surface area contributed by atoms with E-state index in [2.05, 4.69) is 10.6 Å². The first-order valence-electron chi connectivity index (χ1n) is 8.62. The zero-order chi connectivity index (χ0) is 18.7. The molecule has 3 rings (SSSR count). The molecule has 2 aromatic rings. The Labute approximate surface area is 156 Å². The molecule has 0 bridgehead atoms. The standard InChI is InChI=1S/C19H21ClFN3O2/c1-12-7-10-24(13-5-8-22-9-6-13)19(26)17(12)18(25)23-11-14-15(20)3-2-4-16(14)21/h2-4,7,10,13,22H,5-6,8-9,11H2,1H3,(H,23,25). The number of amides is 1. The Morgan fingerprint density at radius 1 is 1.35 bits per heavy atom. The van der Waals surface area contributed by atoms with Crippen LogP contribution in [-0.2, 0) is 6.54 Å². The van der Waals surface area contributed by atoms with Crippen LogP contribution in [0.5, 0.6) is 0 Å². The highest BCUT2D eigenvalue weighted by molar-refractivity contribution is 6.31. The van der Waals surface area contributed by atoms with Gasteiger partial charge >= 0.3 is 0 Å². The summed E-state index contributed by atoms with van der Waals surface area (Å²) in [5.74, 6) is -1.01. The van der Waals surface area contributed by atoms with E-state index in [1.54, 1.807) is 29.8 Å². The maximum absolute atomic E-state index is 13.9. The molecule has 7 heteroatoms. The summed E-state index contributed by atoms with van der Waals surface area (Å²) in [5.41, 5.74) is 0.583. The van der Waals surface area contributed by atoms with Crippen molar-refractivity contribution in [2.24, 2.45) is 0 Å². The minimum Gasteiger partial charge on any atom is -0.348 e. The average molecular weight is 378 g/mol. The molecule has 1 aliphatic rings. The number of carbonyl (C=O) groups is 1. The Hall–Kier alpha value is -2.18. The quantitative estimate of drug-likeness (QED) is 0.861. The van der Waals surface area contributed by atoms with Gasteiger partial charge in [0, 0.05) is 29.4 Å². The second-order valence-corrected chi connectivity index (χ2v) is 6.86. The molecule has 1 fully saturated rings. The van der Waals surface area contributed by atoms with Crippen LogP contribution in [0.2, 0.25) is 5.02 Å². The van der Waals surface area contributed by atoms with Gasteiger partial charge in [-0.2, -0.15) is 0 Å². The van der Waals surface area contributed by atoms with Gasteiger partial charge in [-0.15, -0.1) is 0 Å². The molecule has 1 aliphatic heterocycles. The SMILES string of the molecule is Cc1ccn(C2CCNCC2)c(=O)c1C(=O)NCc1c(F)cccc1Cl. The first-order chi connectivity index (χ1) is 12.5. The van der Waals surface area contributed by atoms with Gasteiger partial charge in [0.1, 0.15) is 11.4 Å². The third-order valence-corrected chi connectivity index (χ3v) is 5.10. The Morgan fingerprint density at radius 3 is 2.77 bits per heavy atom. The van der Waals surface area contributed by atoms with E-state index in [-0.39, 0.29) is 34.3 Å². The Morgan fingerprint density at radius 2 is 2.08 bits per heavy atom. The van der Waals surface area contributed by atoms with Crippen molar-refractivity contribution in [1.29, 1.82) is 0 Å². The number of aryl methyl sites for hydroxylation is 1. The van der Waals surface area contributed by atoms with Gasteiger partial charge in [-0.05, 0) is 56.6 Å². The molecule has 0 aliphatic carbocycles. The number of aromatic nitrogens is 1. The predicted molar refractivity (Wildman–Crippen MR) is 99.2 cm³/mol. The van der Waals surface area contributed by atoms with Crippen LogP contribution in [0.4, 0.5) is 4.39 Å². The Kier molecular flexibility index (Phi) is 5.74. The normalized spacial score (nSPS) is 15.0. The number of rotatable bonds is 4. The van der Waals surface area contributed by atoms with Crippen LogP contribution in [0, 0.1) is 12.7 Å². The molecule has 26 heavy (non-hydrogen) atoms. The molecule has 5 nitrogen and oxygen atoms in total. The maximum atomic E-state index is 13.9. The lowest BCUT2D eigenvalue weighted by atomic mass is 10.0. The first kappa shape index (κ1) is 18.6. The lowest BCUT2D eigenvalue weighted by molar-refractivity contribution is 0.0947. The second kappa shape index (κ2) is 8.01. The molecule has 1 amide bonds. The average Bonchev–Trinajstić information content (AvgIpc) is 2.62. The van der Waals surface area contributed by atoms with Gasteiger partial charge in [0.15, 0.2) is 0 Å². The number of hydrogen-bond acceptors (Lipinski definition) is 3. The molecule has 138 valence electrons. The van der Waals surface area contributed by atoms with Crippen molar-refractivity contribution >= 4 is 17.5 Å². The number of benzene rings is 1. The lowest BCUT2D eigenvalue weighted by Gasteiger charge is -2.25. The van der Waals surface area contributed by atoms with Crippen molar-refractivity contribution in [3.8, 4) is 0 Å². The second-order valence-electron chi connectivity index (χ2n) is 6.45. The van der Waals surface area contributed by atoms with E-state index < -0.39 is 11.7 Å². The van der Waals surface area contributed by atoms with Crippen molar-refractivity contribution in [2.45, 2.75) is 32.4 Å². The molecule has 0 radical (unpaired) electrons. The van der Waals surface area contributed by atoms with Crippen molar-refractivity contribution in [1.82, 2.24) is 15.2 Å². The molecule has 2 heterocycles. The van der Waals surface area contributed by atoms with Crippen molar-refractivity contribution in [2.75, 3.05) is 13.1 Å². The van der Waals surface area contributed by atoms with Gasteiger partial charge in [-0.25, -0.2) is 4.39 Å². The van der Waals surface area contributed by atoms with Crippen LogP contribution in [0.25, 0.3) is 0 Å². The van der Waals surface area contributed by atoms with Crippen molar-refractivity contribution in [3.63, 3.8) is 0 Å². The molecular weight excluding hydrogens is 357 g/mol. The third-order valence-electron chi connectivity index (χ3n) is 4.74.